The standard InChI is InChI=1S/C19H17N3O5/c1-2-11-21-16(12-7-9-20-10-8-12)15(18(24)19(21)25)17(23)13-3-5-14(6-4-13)22(26)27/h3-10,16,23H,2,11H2,1H3/b17-15-. The topological polar surface area (TPSA) is 114 Å². The average Bonchev–Trinajstić information content (AvgIpc) is 2.93. The summed E-state index contributed by atoms with van der Waals surface area (Å²) in [6.45, 7) is 2.24. The van der Waals surface area contributed by atoms with Crippen molar-refractivity contribution < 1.29 is 19.6 Å². The van der Waals surface area contributed by atoms with E-state index in [9.17, 15) is 24.8 Å². The van der Waals surface area contributed by atoms with Crippen LogP contribution >= 0.6 is 0 Å². The van der Waals surface area contributed by atoms with Crippen LogP contribution in [0.4, 0.5) is 5.69 Å². The number of nitro benzene ring substituents is 1. The number of nitrogens with zero attached hydrogens (tertiary/aromatic N) is 3. The summed E-state index contributed by atoms with van der Waals surface area (Å²) in [5.41, 5.74) is 0.715. The molecule has 8 heteroatoms. The van der Waals surface area contributed by atoms with Crippen molar-refractivity contribution in [3.05, 3.63) is 75.6 Å². The van der Waals surface area contributed by atoms with E-state index in [2.05, 4.69) is 4.98 Å². The second-order valence-corrected chi connectivity index (χ2v) is 6.08. The highest BCUT2D eigenvalue weighted by atomic mass is 16.6. The van der Waals surface area contributed by atoms with Crippen molar-refractivity contribution in [1.82, 2.24) is 9.88 Å². The van der Waals surface area contributed by atoms with Crippen LogP contribution in [0, 0.1) is 10.1 Å². The first-order chi connectivity index (χ1) is 13.0. The van der Waals surface area contributed by atoms with Gasteiger partial charge >= 0.3 is 0 Å². The number of pyridine rings is 1. The van der Waals surface area contributed by atoms with Crippen molar-refractivity contribution in [3.8, 4) is 0 Å². The quantitative estimate of drug-likeness (QED) is 0.286. The van der Waals surface area contributed by atoms with E-state index in [0.717, 1.165) is 0 Å². The summed E-state index contributed by atoms with van der Waals surface area (Å²) < 4.78 is 0. The Bertz CT molecular complexity index is 922. The normalized spacial score (nSPS) is 18.7. The number of nitro groups is 1. The molecule has 1 atom stereocenters. The van der Waals surface area contributed by atoms with Gasteiger partial charge < -0.3 is 10.0 Å². The maximum atomic E-state index is 12.6. The number of aliphatic hydroxyl groups is 1. The highest BCUT2D eigenvalue weighted by Gasteiger charge is 2.45. The van der Waals surface area contributed by atoms with Crippen LogP contribution in [0.15, 0.2) is 54.4 Å². The fourth-order valence-corrected chi connectivity index (χ4v) is 3.14. The van der Waals surface area contributed by atoms with E-state index in [0.29, 0.717) is 18.5 Å². The SMILES string of the molecule is CCCN1C(=O)C(=O)/C(=C(\O)c2ccc([N+](=O)[O-])cc2)C1c1ccncc1. The Hall–Kier alpha value is -3.55. The summed E-state index contributed by atoms with van der Waals surface area (Å²) in [6.07, 6.45) is 3.74. The number of rotatable bonds is 5. The molecule has 1 aliphatic rings. The maximum Gasteiger partial charge on any atom is 0.295 e. The number of hydrogen-bond donors (Lipinski definition) is 1. The minimum atomic E-state index is -0.777. The number of likely N-dealkylation sites (tertiary alicyclic amines) is 1. The first-order valence-electron chi connectivity index (χ1n) is 8.38. The van der Waals surface area contributed by atoms with Crippen molar-refractivity contribution in [2.45, 2.75) is 19.4 Å². The Morgan fingerprint density at radius 2 is 1.81 bits per heavy atom. The van der Waals surface area contributed by atoms with Crippen LogP contribution in [0.25, 0.3) is 5.76 Å². The maximum absolute atomic E-state index is 12.6. The van der Waals surface area contributed by atoms with E-state index < -0.39 is 22.7 Å². The number of carbonyl (C=O) groups is 2. The second-order valence-electron chi connectivity index (χ2n) is 6.08. The molecule has 1 amide bonds. The van der Waals surface area contributed by atoms with Gasteiger partial charge in [-0.2, -0.15) is 0 Å². The lowest BCUT2D eigenvalue weighted by Crippen LogP contribution is -2.30. The molecule has 1 aromatic carbocycles. The van der Waals surface area contributed by atoms with Gasteiger partial charge in [-0.3, -0.25) is 24.7 Å². The molecule has 1 aromatic heterocycles. The molecule has 0 bridgehead atoms. The predicted molar refractivity (Wildman–Crippen MR) is 96.6 cm³/mol. The number of carbonyl (C=O) groups excluding carboxylic acids is 2. The highest BCUT2D eigenvalue weighted by molar-refractivity contribution is 6.46. The Labute approximate surface area is 154 Å². The van der Waals surface area contributed by atoms with Crippen molar-refractivity contribution in [2.24, 2.45) is 0 Å². The summed E-state index contributed by atoms with van der Waals surface area (Å²) in [5.74, 6) is -1.81. The summed E-state index contributed by atoms with van der Waals surface area (Å²) in [4.78, 5) is 40.8. The molecule has 27 heavy (non-hydrogen) atoms. The molecule has 2 heterocycles. The first kappa shape index (κ1) is 18.2. The molecular formula is C19H17N3O5. The third-order valence-corrected chi connectivity index (χ3v) is 4.38. The lowest BCUT2D eigenvalue weighted by atomic mass is 9.96. The summed E-state index contributed by atoms with van der Waals surface area (Å²) in [5, 5.41) is 21.6. The number of benzene rings is 1. The van der Waals surface area contributed by atoms with Crippen molar-refractivity contribution in [1.29, 1.82) is 0 Å². The molecule has 0 aliphatic carbocycles. The van der Waals surface area contributed by atoms with E-state index in [1.807, 2.05) is 6.92 Å². The van der Waals surface area contributed by atoms with Crippen molar-refractivity contribution in [2.75, 3.05) is 6.54 Å². The molecule has 138 valence electrons. The predicted octanol–water partition coefficient (Wildman–Crippen LogP) is 2.82. The molecule has 0 saturated carbocycles. The van der Waals surface area contributed by atoms with Crippen LogP contribution in [-0.2, 0) is 9.59 Å². The zero-order valence-corrected chi connectivity index (χ0v) is 14.5. The summed E-state index contributed by atoms with van der Waals surface area (Å²) in [7, 11) is 0. The fraction of sp³-hybridized carbons (Fsp3) is 0.211. The lowest BCUT2D eigenvalue weighted by Gasteiger charge is -2.24. The van der Waals surface area contributed by atoms with Crippen LogP contribution in [0.1, 0.15) is 30.5 Å². The third kappa shape index (κ3) is 3.29. The van der Waals surface area contributed by atoms with E-state index in [1.54, 1.807) is 24.5 Å². The Kier molecular flexibility index (Phi) is 4.98. The minimum Gasteiger partial charge on any atom is -0.507 e. The lowest BCUT2D eigenvalue weighted by molar-refractivity contribution is -0.384. The highest BCUT2D eigenvalue weighted by Crippen LogP contribution is 2.39. The average molecular weight is 367 g/mol. The van der Waals surface area contributed by atoms with Crippen LogP contribution in [0.5, 0.6) is 0 Å². The molecule has 1 fully saturated rings. The molecule has 1 unspecified atom stereocenters. The number of Topliss-reactive ketones (excluding diaryl/α,β-unsaturated/α-hetero) is 1. The van der Waals surface area contributed by atoms with Crippen molar-refractivity contribution in [3.63, 3.8) is 0 Å². The number of non-ortho nitro benzene ring substituents is 1. The van der Waals surface area contributed by atoms with Gasteiger partial charge in [0.15, 0.2) is 0 Å². The monoisotopic (exact) mass is 367 g/mol. The molecular weight excluding hydrogens is 350 g/mol. The van der Waals surface area contributed by atoms with Crippen LogP contribution in [-0.4, -0.2) is 38.1 Å². The Morgan fingerprint density at radius 3 is 2.37 bits per heavy atom. The molecule has 8 nitrogen and oxygen atoms in total. The molecule has 1 aliphatic heterocycles. The van der Waals surface area contributed by atoms with E-state index in [1.165, 1.54) is 29.2 Å². The van der Waals surface area contributed by atoms with Crippen LogP contribution in [0.2, 0.25) is 0 Å². The van der Waals surface area contributed by atoms with E-state index in [4.69, 9.17) is 0 Å². The van der Waals surface area contributed by atoms with Gasteiger partial charge in [-0.1, -0.05) is 6.92 Å². The number of aromatic nitrogens is 1. The first-order valence-corrected chi connectivity index (χ1v) is 8.38. The van der Waals surface area contributed by atoms with Gasteiger partial charge in [-0.05, 0) is 36.2 Å². The minimum absolute atomic E-state index is 0.0338. The van der Waals surface area contributed by atoms with Gasteiger partial charge in [0, 0.05) is 36.6 Å². The Balaban J connectivity index is 2.14. The summed E-state index contributed by atoms with van der Waals surface area (Å²) in [6, 6.07) is 7.80. The number of aliphatic hydroxyl groups excluding tert-OH is 1. The number of ketones is 1. The molecule has 0 spiro atoms. The van der Waals surface area contributed by atoms with Gasteiger partial charge in [0.2, 0.25) is 0 Å². The second kappa shape index (κ2) is 7.36. The van der Waals surface area contributed by atoms with Crippen LogP contribution < -0.4 is 0 Å². The Morgan fingerprint density at radius 1 is 1.19 bits per heavy atom. The van der Waals surface area contributed by atoms with E-state index in [-0.39, 0.29) is 22.6 Å². The van der Waals surface area contributed by atoms with Gasteiger partial charge in [-0.15, -0.1) is 0 Å². The fourth-order valence-electron chi connectivity index (χ4n) is 3.14. The molecule has 1 saturated heterocycles. The third-order valence-electron chi connectivity index (χ3n) is 4.38. The smallest absolute Gasteiger partial charge is 0.295 e. The zero-order valence-electron chi connectivity index (χ0n) is 14.5. The molecule has 3 rings (SSSR count). The van der Waals surface area contributed by atoms with Gasteiger partial charge in [0.25, 0.3) is 17.4 Å². The van der Waals surface area contributed by atoms with Gasteiger partial charge in [-0.25, -0.2) is 0 Å². The van der Waals surface area contributed by atoms with Gasteiger partial charge in [0.1, 0.15) is 5.76 Å². The number of hydrogen-bond acceptors (Lipinski definition) is 6. The molecule has 0 radical (unpaired) electrons. The zero-order chi connectivity index (χ0) is 19.6. The largest absolute Gasteiger partial charge is 0.507 e. The number of amides is 1. The van der Waals surface area contributed by atoms with E-state index >= 15 is 0 Å². The van der Waals surface area contributed by atoms with Gasteiger partial charge in [0.05, 0.1) is 16.5 Å². The summed E-state index contributed by atoms with van der Waals surface area (Å²) >= 11 is 0. The van der Waals surface area contributed by atoms with Crippen LogP contribution in [0.3, 0.4) is 0 Å². The molecule has 2 aromatic rings. The van der Waals surface area contributed by atoms with Crippen molar-refractivity contribution >= 4 is 23.1 Å². The molecule has 1 N–H and O–H groups in total.